The van der Waals surface area contributed by atoms with E-state index >= 15 is 0 Å². The lowest BCUT2D eigenvalue weighted by molar-refractivity contribution is -0.152. The van der Waals surface area contributed by atoms with E-state index in [2.05, 4.69) is 19.2 Å². The molecule has 0 heterocycles. The molecule has 0 aromatic rings. The molecule has 2 fully saturated rings. The van der Waals surface area contributed by atoms with Gasteiger partial charge >= 0.3 is 5.97 Å². The number of carboxylic acids is 1. The number of nitrogens with one attached hydrogen (secondary N) is 1. The summed E-state index contributed by atoms with van der Waals surface area (Å²) in [5, 5.41) is 11.9. The van der Waals surface area contributed by atoms with E-state index in [9.17, 15) is 9.59 Å². The SMILES string of the molecule is CC1(C)CCC(CNC(=O)C2CCC2C(=O)O)CC1. The van der Waals surface area contributed by atoms with E-state index in [1.54, 1.807) is 0 Å². The Labute approximate surface area is 115 Å². The summed E-state index contributed by atoms with van der Waals surface area (Å²) in [6.45, 7) is 5.32. The predicted octanol–water partition coefficient (Wildman–Crippen LogP) is 2.43. The molecule has 0 aromatic carbocycles. The largest absolute Gasteiger partial charge is 0.481 e. The van der Waals surface area contributed by atoms with Crippen LogP contribution in [0.2, 0.25) is 0 Å². The molecule has 2 aliphatic carbocycles. The van der Waals surface area contributed by atoms with Gasteiger partial charge in [-0.3, -0.25) is 9.59 Å². The highest BCUT2D eigenvalue weighted by molar-refractivity contribution is 5.86. The fourth-order valence-electron chi connectivity index (χ4n) is 3.15. The first-order valence-corrected chi connectivity index (χ1v) is 7.39. The molecule has 108 valence electrons. The molecule has 2 N–H and O–H groups in total. The van der Waals surface area contributed by atoms with Gasteiger partial charge in [0.25, 0.3) is 0 Å². The van der Waals surface area contributed by atoms with Crippen molar-refractivity contribution < 1.29 is 14.7 Å². The lowest BCUT2D eigenvalue weighted by atomic mass is 9.72. The Bertz CT molecular complexity index is 354. The molecule has 0 aromatic heterocycles. The van der Waals surface area contributed by atoms with Crippen molar-refractivity contribution in [3.05, 3.63) is 0 Å². The highest BCUT2D eigenvalue weighted by Gasteiger charge is 2.41. The molecule has 1 amide bonds. The van der Waals surface area contributed by atoms with Gasteiger partial charge in [0.05, 0.1) is 11.8 Å². The summed E-state index contributed by atoms with van der Waals surface area (Å²) in [5.41, 5.74) is 0.447. The lowest BCUT2D eigenvalue weighted by Gasteiger charge is -2.35. The van der Waals surface area contributed by atoms with Gasteiger partial charge in [0.15, 0.2) is 0 Å². The number of carbonyl (C=O) groups excluding carboxylic acids is 1. The topological polar surface area (TPSA) is 66.4 Å². The molecule has 0 bridgehead atoms. The second-order valence-corrected chi connectivity index (χ2v) is 6.98. The van der Waals surface area contributed by atoms with Gasteiger partial charge in [-0.2, -0.15) is 0 Å². The zero-order chi connectivity index (χ0) is 14.0. The van der Waals surface area contributed by atoms with Crippen LogP contribution in [0.5, 0.6) is 0 Å². The average Bonchev–Trinajstić information content (AvgIpc) is 2.25. The minimum atomic E-state index is -0.828. The summed E-state index contributed by atoms with van der Waals surface area (Å²) in [4.78, 5) is 22.8. The first-order valence-electron chi connectivity index (χ1n) is 7.39. The number of carbonyl (C=O) groups is 2. The molecule has 0 saturated heterocycles. The molecule has 2 rings (SSSR count). The number of hydrogen-bond donors (Lipinski definition) is 2. The van der Waals surface area contributed by atoms with Gasteiger partial charge in [-0.05, 0) is 49.9 Å². The minimum absolute atomic E-state index is 0.0523. The van der Waals surface area contributed by atoms with E-state index in [4.69, 9.17) is 5.11 Å². The molecular formula is C15H25NO3. The van der Waals surface area contributed by atoms with Crippen molar-refractivity contribution in [1.82, 2.24) is 5.32 Å². The van der Waals surface area contributed by atoms with Crippen molar-refractivity contribution in [1.29, 1.82) is 0 Å². The molecule has 4 heteroatoms. The number of carboxylic acid groups (broad SMARTS) is 1. The quantitative estimate of drug-likeness (QED) is 0.822. The van der Waals surface area contributed by atoms with Gasteiger partial charge < -0.3 is 10.4 Å². The number of amides is 1. The smallest absolute Gasteiger partial charge is 0.307 e. The Balaban J connectivity index is 1.71. The first-order chi connectivity index (χ1) is 8.89. The van der Waals surface area contributed by atoms with Crippen molar-refractivity contribution in [2.75, 3.05) is 6.54 Å². The predicted molar refractivity (Wildman–Crippen MR) is 72.6 cm³/mol. The van der Waals surface area contributed by atoms with Crippen molar-refractivity contribution in [3.63, 3.8) is 0 Å². The summed E-state index contributed by atoms with van der Waals surface area (Å²) in [7, 11) is 0. The Hall–Kier alpha value is -1.06. The van der Waals surface area contributed by atoms with Crippen LogP contribution in [0.25, 0.3) is 0 Å². The second kappa shape index (κ2) is 5.51. The maximum atomic E-state index is 11.9. The fraction of sp³-hybridized carbons (Fsp3) is 0.867. The Kier molecular flexibility index (Phi) is 4.16. The third-order valence-electron chi connectivity index (χ3n) is 4.95. The zero-order valence-electron chi connectivity index (χ0n) is 11.9. The van der Waals surface area contributed by atoms with Crippen LogP contribution in [-0.2, 0) is 9.59 Å². The molecule has 2 aliphatic rings. The number of aliphatic carboxylic acids is 1. The molecule has 0 aliphatic heterocycles. The lowest BCUT2D eigenvalue weighted by Crippen LogP contribution is -2.45. The van der Waals surface area contributed by atoms with E-state index in [1.807, 2.05) is 0 Å². The molecule has 2 atom stereocenters. The summed E-state index contributed by atoms with van der Waals surface area (Å²) in [6, 6.07) is 0. The van der Waals surface area contributed by atoms with Gasteiger partial charge in [-0.25, -0.2) is 0 Å². The summed E-state index contributed by atoms with van der Waals surface area (Å²) in [6.07, 6.45) is 6.13. The van der Waals surface area contributed by atoms with E-state index in [-0.39, 0.29) is 11.8 Å². The normalized spacial score (nSPS) is 30.4. The first kappa shape index (κ1) is 14.4. The highest BCUT2D eigenvalue weighted by Crippen LogP contribution is 2.38. The van der Waals surface area contributed by atoms with Crippen molar-refractivity contribution in [2.45, 2.75) is 52.4 Å². The summed E-state index contributed by atoms with van der Waals surface area (Å²) < 4.78 is 0. The van der Waals surface area contributed by atoms with E-state index < -0.39 is 11.9 Å². The van der Waals surface area contributed by atoms with E-state index in [1.165, 1.54) is 25.7 Å². The van der Waals surface area contributed by atoms with Gasteiger partial charge in [0.2, 0.25) is 5.91 Å². The van der Waals surface area contributed by atoms with Gasteiger partial charge in [-0.1, -0.05) is 13.8 Å². The Morgan fingerprint density at radius 3 is 2.16 bits per heavy atom. The molecule has 2 saturated carbocycles. The molecule has 0 radical (unpaired) electrons. The van der Waals surface area contributed by atoms with Gasteiger partial charge in [0.1, 0.15) is 0 Å². The Morgan fingerprint density at radius 2 is 1.68 bits per heavy atom. The molecule has 4 nitrogen and oxygen atoms in total. The molecular weight excluding hydrogens is 242 g/mol. The average molecular weight is 267 g/mol. The van der Waals surface area contributed by atoms with Gasteiger partial charge in [0, 0.05) is 6.54 Å². The van der Waals surface area contributed by atoms with Crippen molar-refractivity contribution in [3.8, 4) is 0 Å². The van der Waals surface area contributed by atoms with Crippen LogP contribution >= 0.6 is 0 Å². The third-order valence-corrected chi connectivity index (χ3v) is 4.95. The van der Waals surface area contributed by atoms with Crippen LogP contribution in [-0.4, -0.2) is 23.5 Å². The number of rotatable bonds is 4. The zero-order valence-corrected chi connectivity index (χ0v) is 11.9. The fourth-order valence-corrected chi connectivity index (χ4v) is 3.15. The highest BCUT2D eigenvalue weighted by atomic mass is 16.4. The monoisotopic (exact) mass is 267 g/mol. The van der Waals surface area contributed by atoms with Gasteiger partial charge in [-0.15, -0.1) is 0 Å². The van der Waals surface area contributed by atoms with Crippen molar-refractivity contribution in [2.24, 2.45) is 23.2 Å². The van der Waals surface area contributed by atoms with E-state index in [0.717, 1.165) is 13.0 Å². The van der Waals surface area contributed by atoms with Crippen LogP contribution in [0.3, 0.4) is 0 Å². The van der Waals surface area contributed by atoms with Crippen LogP contribution < -0.4 is 5.32 Å². The van der Waals surface area contributed by atoms with Crippen LogP contribution in [0.15, 0.2) is 0 Å². The standard InChI is InChI=1S/C15H25NO3/c1-15(2)7-5-10(6-8-15)9-16-13(17)11-3-4-12(11)14(18)19/h10-12H,3-9H2,1-2H3,(H,16,17)(H,18,19). The number of hydrogen-bond acceptors (Lipinski definition) is 2. The van der Waals surface area contributed by atoms with Crippen LogP contribution in [0, 0.1) is 23.2 Å². The van der Waals surface area contributed by atoms with Crippen molar-refractivity contribution >= 4 is 11.9 Å². The summed E-state index contributed by atoms with van der Waals surface area (Å²) in [5.74, 6) is -1.06. The Morgan fingerprint density at radius 1 is 1.11 bits per heavy atom. The minimum Gasteiger partial charge on any atom is -0.481 e. The molecule has 0 spiro atoms. The summed E-state index contributed by atoms with van der Waals surface area (Å²) >= 11 is 0. The molecule has 2 unspecified atom stereocenters. The maximum absolute atomic E-state index is 11.9. The van der Waals surface area contributed by atoms with Crippen LogP contribution in [0.4, 0.5) is 0 Å². The van der Waals surface area contributed by atoms with E-state index in [0.29, 0.717) is 17.8 Å². The second-order valence-electron chi connectivity index (χ2n) is 6.98. The van der Waals surface area contributed by atoms with Crippen LogP contribution in [0.1, 0.15) is 52.4 Å². The third kappa shape index (κ3) is 3.48. The maximum Gasteiger partial charge on any atom is 0.307 e. The molecule has 19 heavy (non-hydrogen) atoms.